The number of benzene rings is 1. The van der Waals surface area contributed by atoms with E-state index in [4.69, 9.17) is 4.74 Å². The third-order valence-corrected chi connectivity index (χ3v) is 3.04. The summed E-state index contributed by atoms with van der Waals surface area (Å²) in [6.07, 6.45) is 8.36. The van der Waals surface area contributed by atoms with Crippen molar-refractivity contribution in [3.63, 3.8) is 0 Å². The molecule has 0 radical (unpaired) electrons. The Labute approximate surface area is 109 Å². The number of hydrogen-bond acceptors (Lipinski definition) is 4. The van der Waals surface area contributed by atoms with E-state index in [9.17, 15) is 15.3 Å². The van der Waals surface area contributed by atoms with Gasteiger partial charge in [0, 0.05) is 11.6 Å². The third-order valence-electron chi connectivity index (χ3n) is 3.04. The van der Waals surface area contributed by atoms with Gasteiger partial charge in [0.15, 0.2) is 11.5 Å². The van der Waals surface area contributed by atoms with Gasteiger partial charge in [-0.1, -0.05) is 12.2 Å². The van der Waals surface area contributed by atoms with Crippen molar-refractivity contribution in [2.24, 2.45) is 0 Å². The standard InChI is InChI=1S/C15H12O4/c16-11-4-1-9-3-6-14(19-15(9)8-11)10-2-5-12(17)13(18)7-10/h1-8,15-18H. The van der Waals surface area contributed by atoms with Crippen molar-refractivity contribution in [3.05, 3.63) is 65.5 Å². The second-order valence-electron chi connectivity index (χ2n) is 4.36. The molecule has 1 unspecified atom stereocenters. The first-order chi connectivity index (χ1) is 9.13. The molecule has 0 bridgehead atoms. The molecule has 1 aromatic rings. The second kappa shape index (κ2) is 4.24. The van der Waals surface area contributed by atoms with Crippen molar-refractivity contribution in [1.82, 2.24) is 0 Å². The van der Waals surface area contributed by atoms with Crippen LogP contribution >= 0.6 is 0 Å². The fourth-order valence-corrected chi connectivity index (χ4v) is 2.02. The maximum absolute atomic E-state index is 9.49. The lowest BCUT2D eigenvalue weighted by molar-refractivity contribution is 0.236. The predicted molar refractivity (Wildman–Crippen MR) is 70.6 cm³/mol. The average Bonchev–Trinajstić information content (AvgIpc) is 2.41. The highest BCUT2D eigenvalue weighted by molar-refractivity contribution is 5.67. The maximum Gasteiger partial charge on any atom is 0.158 e. The van der Waals surface area contributed by atoms with Crippen molar-refractivity contribution in [2.45, 2.75) is 6.10 Å². The number of phenols is 2. The molecule has 1 aliphatic heterocycles. The molecule has 0 aromatic heterocycles. The summed E-state index contributed by atoms with van der Waals surface area (Å²) in [6.45, 7) is 0. The highest BCUT2D eigenvalue weighted by Crippen LogP contribution is 2.33. The largest absolute Gasteiger partial charge is 0.508 e. The highest BCUT2D eigenvalue weighted by atomic mass is 16.5. The first kappa shape index (κ1) is 11.5. The molecule has 0 saturated heterocycles. The van der Waals surface area contributed by atoms with Crippen LogP contribution in [-0.4, -0.2) is 21.4 Å². The lowest BCUT2D eigenvalue weighted by Crippen LogP contribution is -2.17. The average molecular weight is 256 g/mol. The zero-order chi connectivity index (χ0) is 13.4. The Kier molecular flexibility index (Phi) is 2.56. The number of rotatable bonds is 1. The molecule has 2 aliphatic rings. The number of aliphatic hydroxyl groups excluding tert-OH is 1. The number of aliphatic hydroxyl groups is 1. The van der Waals surface area contributed by atoms with E-state index >= 15 is 0 Å². The van der Waals surface area contributed by atoms with Gasteiger partial charge in [0.25, 0.3) is 0 Å². The molecule has 1 aromatic carbocycles. The highest BCUT2D eigenvalue weighted by Gasteiger charge is 2.21. The van der Waals surface area contributed by atoms with E-state index in [1.807, 2.05) is 6.08 Å². The first-order valence-electron chi connectivity index (χ1n) is 5.83. The monoisotopic (exact) mass is 256 g/mol. The van der Waals surface area contributed by atoms with Gasteiger partial charge in [0.2, 0.25) is 0 Å². The molecule has 4 heteroatoms. The fraction of sp³-hybridized carbons (Fsp3) is 0.0667. The minimum atomic E-state index is -0.332. The summed E-state index contributed by atoms with van der Waals surface area (Å²) in [6, 6.07) is 4.49. The van der Waals surface area contributed by atoms with E-state index in [-0.39, 0.29) is 23.4 Å². The zero-order valence-electron chi connectivity index (χ0n) is 9.95. The first-order valence-corrected chi connectivity index (χ1v) is 5.83. The van der Waals surface area contributed by atoms with Gasteiger partial charge in [-0.2, -0.15) is 0 Å². The minimum Gasteiger partial charge on any atom is -0.508 e. The van der Waals surface area contributed by atoms with Crippen LogP contribution in [0.1, 0.15) is 5.56 Å². The molecule has 1 atom stereocenters. The topological polar surface area (TPSA) is 69.9 Å². The molecule has 0 saturated carbocycles. The van der Waals surface area contributed by atoms with Gasteiger partial charge < -0.3 is 20.1 Å². The predicted octanol–water partition coefficient (Wildman–Crippen LogP) is 2.78. The molecular weight excluding hydrogens is 244 g/mol. The molecule has 4 nitrogen and oxygen atoms in total. The van der Waals surface area contributed by atoms with Gasteiger partial charge >= 0.3 is 0 Å². The van der Waals surface area contributed by atoms with Crippen LogP contribution in [0.25, 0.3) is 5.76 Å². The van der Waals surface area contributed by atoms with Crippen molar-refractivity contribution < 1.29 is 20.1 Å². The molecule has 19 heavy (non-hydrogen) atoms. The number of allylic oxidation sites excluding steroid dienone is 3. The zero-order valence-corrected chi connectivity index (χ0v) is 9.95. The number of ether oxygens (including phenoxy) is 1. The van der Waals surface area contributed by atoms with Crippen LogP contribution in [0.5, 0.6) is 11.5 Å². The molecular formula is C15H12O4. The van der Waals surface area contributed by atoms with Crippen LogP contribution in [0.3, 0.4) is 0 Å². The number of aromatic hydroxyl groups is 2. The summed E-state index contributed by atoms with van der Waals surface area (Å²) in [7, 11) is 0. The molecule has 3 rings (SSSR count). The van der Waals surface area contributed by atoms with E-state index in [2.05, 4.69) is 0 Å². The van der Waals surface area contributed by atoms with Gasteiger partial charge in [0.05, 0.1) is 0 Å². The van der Waals surface area contributed by atoms with Crippen LogP contribution in [-0.2, 0) is 4.74 Å². The minimum absolute atomic E-state index is 0.164. The summed E-state index contributed by atoms with van der Waals surface area (Å²) in [5, 5.41) is 28.2. The molecule has 3 N–H and O–H groups in total. The number of phenolic OH excluding ortho intramolecular Hbond substituents is 2. The van der Waals surface area contributed by atoms with Crippen molar-refractivity contribution in [3.8, 4) is 11.5 Å². The van der Waals surface area contributed by atoms with Crippen LogP contribution in [0.2, 0.25) is 0 Å². The Morgan fingerprint density at radius 1 is 0.947 bits per heavy atom. The van der Waals surface area contributed by atoms with E-state index in [1.54, 1.807) is 30.4 Å². The quantitative estimate of drug-likeness (QED) is 0.676. The SMILES string of the molecule is OC1=CC2OC(c3ccc(O)c(O)c3)=CC=C2C=C1. The summed E-state index contributed by atoms with van der Waals surface area (Å²) < 4.78 is 5.75. The molecule has 0 fully saturated rings. The molecule has 1 aliphatic carbocycles. The van der Waals surface area contributed by atoms with Crippen molar-refractivity contribution in [1.29, 1.82) is 0 Å². The lowest BCUT2D eigenvalue weighted by Gasteiger charge is -2.25. The van der Waals surface area contributed by atoms with E-state index < -0.39 is 0 Å². The van der Waals surface area contributed by atoms with Crippen molar-refractivity contribution in [2.75, 3.05) is 0 Å². The summed E-state index contributed by atoms with van der Waals surface area (Å²) in [4.78, 5) is 0. The van der Waals surface area contributed by atoms with E-state index in [0.29, 0.717) is 11.3 Å². The number of hydrogen-bond donors (Lipinski definition) is 3. The summed E-state index contributed by atoms with van der Waals surface area (Å²) in [5.74, 6) is 0.369. The van der Waals surface area contributed by atoms with E-state index in [0.717, 1.165) is 5.57 Å². The fourth-order valence-electron chi connectivity index (χ4n) is 2.02. The van der Waals surface area contributed by atoms with E-state index in [1.165, 1.54) is 12.1 Å². The van der Waals surface area contributed by atoms with Crippen LogP contribution in [0.4, 0.5) is 0 Å². The van der Waals surface area contributed by atoms with Crippen LogP contribution in [0.15, 0.2) is 59.9 Å². The smallest absolute Gasteiger partial charge is 0.158 e. The van der Waals surface area contributed by atoms with Crippen LogP contribution in [0, 0.1) is 0 Å². The molecule has 96 valence electrons. The molecule has 0 amide bonds. The van der Waals surface area contributed by atoms with Gasteiger partial charge in [0.1, 0.15) is 17.6 Å². The second-order valence-corrected chi connectivity index (χ2v) is 4.36. The Balaban J connectivity index is 1.95. The Morgan fingerprint density at radius 3 is 2.58 bits per heavy atom. The third kappa shape index (κ3) is 2.08. The lowest BCUT2D eigenvalue weighted by atomic mass is 10.00. The van der Waals surface area contributed by atoms with Gasteiger partial charge in [-0.05, 0) is 35.9 Å². The van der Waals surface area contributed by atoms with Gasteiger partial charge in [-0.3, -0.25) is 0 Å². The summed E-state index contributed by atoms with van der Waals surface area (Å²) >= 11 is 0. The van der Waals surface area contributed by atoms with Gasteiger partial charge in [-0.15, -0.1) is 0 Å². The normalized spacial score (nSPS) is 20.8. The maximum atomic E-state index is 9.49. The van der Waals surface area contributed by atoms with Crippen molar-refractivity contribution >= 4 is 5.76 Å². The van der Waals surface area contributed by atoms with Crippen LogP contribution < -0.4 is 0 Å². The summed E-state index contributed by atoms with van der Waals surface area (Å²) in [5.41, 5.74) is 1.61. The Hall–Kier alpha value is -2.62. The van der Waals surface area contributed by atoms with Gasteiger partial charge in [-0.25, -0.2) is 0 Å². The Bertz CT molecular complexity index is 650. The molecule has 0 spiro atoms. The Morgan fingerprint density at radius 2 is 1.79 bits per heavy atom. The number of fused-ring (bicyclic) bond motifs is 1. The molecule has 1 heterocycles.